The number of benzene rings is 1. The summed E-state index contributed by atoms with van der Waals surface area (Å²) in [5.41, 5.74) is 2.91. The van der Waals surface area contributed by atoms with Crippen LogP contribution in [-0.2, 0) is 17.1 Å². The van der Waals surface area contributed by atoms with Crippen molar-refractivity contribution in [3.8, 4) is 0 Å². The van der Waals surface area contributed by atoms with Crippen molar-refractivity contribution in [3.63, 3.8) is 0 Å². The number of halogens is 1. The summed E-state index contributed by atoms with van der Waals surface area (Å²) in [6.45, 7) is 3.77. The smallest absolute Gasteiger partial charge is 0.313 e. The molecule has 1 atom stereocenters. The summed E-state index contributed by atoms with van der Waals surface area (Å²) >= 11 is 5.83. The molecule has 1 aromatic carbocycles. The lowest BCUT2D eigenvalue weighted by molar-refractivity contribution is -0.125. The van der Waals surface area contributed by atoms with Crippen LogP contribution in [0.15, 0.2) is 24.3 Å². The topological polar surface area (TPSA) is 62.3 Å². The zero-order valence-electron chi connectivity index (χ0n) is 13.3. The number of carbonyl (C=O) groups is 2. The minimum absolute atomic E-state index is 0.264. The number of hydrogen-bond donors (Lipinski definition) is 1. The van der Waals surface area contributed by atoms with Crippen molar-refractivity contribution in [2.45, 2.75) is 31.7 Å². The summed E-state index contributed by atoms with van der Waals surface area (Å²) < 4.78 is 0. The van der Waals surface area contributed by atoms with Crippen LogP contribution in [0.2, 0.25) is 0 Å². The highest BCUT2D eigenvalue weighted by Gasteiger charge is 2.47. The third-order valence-corrected chi connectivity index (χ3v) is 4.90. The van der Waals surface area contributed by atoms with Crippen molar-refractivity contribution in [1.82, 2.24) is 15.2 Å². The van der Waals surface area contributed by atoms with Crippen LogP contribution in [0.1, 0.15) is 23.7 Å². The van der Waals surface area contributed by atoms with Gasteiger partial charge in [-0.25, -0.2) is 4.79 Å². The molecule has 0 radical (unpaired) electrons. The Morgan fingerprint density at radius 3 is 2.65 bits per heavy atom. The number of carbonyl (C=O) groups excluding carboxylic acids is 2. The van der Waals surface area contributed by atoms with E-state index in [0.717, 1.165) is 27.7 Å². The molecule has 0 saturated carbocycles. The number of aromatic nitrogens is 1. The van der Waals surface area contributed by atoms with Crippen molar-refractivity contribution < 1.29 is 9.59 Å². The quantitative estimate of drug-likeness (QED) is 0.695. The van der Waals surface area contributed by atoms with Crippen molar-refractivity contribution in [2.24, 2.45) is 0 Å². The molecule has 2 heterocycles. The molecule has 1 N–H and O–H groups in total. The molecule has 120 valence electrons. The van der Waals surface area contributed by atoms with E-state index in [9.17, 15) is 9.59 Å². The molecular formula is C17H18ClN3O2. The van der Waals surface area contributed by atoms with Gasteiger partial charge in [-0.15, -0.1) is 11.6 Å². The Labute approximate surface area is 139 Å². The van der Waals surface area contributed by atoms with Crippen LogP contribution in [0.3, 0.4) is 0 Å². The van der Waals surface area contributed by atoms with Crippen molar-refractivity contribution >= 4 is 34.4 Å². The van der Waals surface area contributed by atoms with Crippen LogP contribution in [0.4, 0.5) is 4.79 Å². The molecule has 0 bridgehead atoms. The number of amides is 3. The molecule has 1 aliphatic heterocycles. The first-order valence-electron chi connectivity index (χ1n) is 7.39. The molecule has 1 aliphatic rings. The minimum Gasteiger partial charge on any atom is -0.313 e. The van der Waals surface area contributed by atoms with Gasteiger partial charge in [-0.2, -0.15) is 0 Å². The number of likely N-dealkylation sites (N-methyl/N-ethyl adjacent to an activating group) is 1. The minimum atomic E-state index is -0.876. The Hall–Kier alpha value is -2.14. The Morgan fingerprint density at radius 2 is 2.04 bits per heavy atom. The normalized spacial score (nSPS) is 21.1. The monoisotopic (exact) mass is 331 g/mol. The van der Waals surface area contributed by atoms with E-state index in [-0.39, 0.29) is 11.9 Å². The van der Waals surface area contributed by atoms with E-state index < -0.39 is 5.54 Å². The van der Waals surface area contributed by atoms with E-state index in [1.807, 2.05) is 31.2 Å². The summed E-state index contributed by atoms with van der Waals surface area (Å²) in [6.07, 6.45) is 0.458. The summed E-state index contributed by atoms with van der Waals surface area (Å²) in [4.78, 5) is 29.9. The maximum Gasteiger partial charge on any atom is 0.324 e. The highest BCUT2D eigenvalue weighted by molar-refractivity contribution is 6.17. The van der Waals surface area contributed by atoms with Crippen LogP contribution >= 0.6 is 11.6 Å². The predicted molar refractivity (Wildman–Crippen MR) is 89.4 cm³/mol. The zero-order valence-corrected chi connectivity index (χ0v) is 14.1. The van der Waals surface area contributed by atoms with E-state index in [4.69, 9.17) is 11.6 Å². The van der Waals surface area contributed by atoms with Crippen LogP contribution in [-0.4, -0.2) is 34.4 Å². The van der Waals surface area contributed by atoms with Crippen LogP contribution in [0.5, 0.6) is 0 Å². The van der Waals surface area contributed by atoms with Gasteiger partial charge in [0, 0.05) is 18.9 Å². The Morgan fingerprint density at radius 1 is 1.30 bits per heavy atom. The average molecular weight is 332 g/mol. The molecule has 3 amide bonds. The summed E-state index contributed by atoms with van der Waals surface area (Å²) in [5.74, 6) is 0.113. The van der Waals surface area contributed by atoms with Crippen LogP contribution < -0.4 is 5.32 Å². The third-order valence-electron chi connectivity index (χ3n) is 4.63. The molecule has 1 fully saturated rings. The van der Waals surface area contributed by atoms with Gasteiger partial charge >= 0.3 is 6.03 Å². The standard InChI is InChI=1S/C17H18ClN3O2/c1-10-6-14-11(4-5-13(9-18)19-14)7-12(10)8-17(2)15(22)20-16(23)21(17)3/h4-7H,8-9H2,1-3H3,(H,20,22,23). The number of aryl methyl sites for hydroxylation is 1. The second kappa shape index (κ2) is 5.49. The van der Waals surface area contributed by atoms with Gasteiger partial charge in [-0.3, -0.25) is 15.1 Å². The lowest BCUT2D eigenvalue weighted by Crippen LogP contribution is -2.46. The second-order valence-electron chi connectivity index (χ2n) is 6.18. The molecule has 0 aliphatic carbocycles. The second-order valence-corrected chi connectivity index (χ2v) is 6.44. The molecule has 1 unspecified atom stereocenters. The first-order valence-corrected chi connectivity index (χ1v) is 7.93. The lowest BCUT2D eigenvalue weighted by atomic mass is 9.89. The van der Waals surface area contributed by atoms with Gasteiger partial charge in [0.2, 0.25) is 0 Å². The largest absolute Gasteiger partial charge is 0.324 e. The SMILES string of the molecule is Cc1cc2nc(CCl)ccc2cc1CC1(C)C(=O)NC(=O)N1C. The number of nitrogens with zero attached hydrogens (tertiary/aromatic N) is 2. The highest BCUT2D eigenvalue weighted by atomic mass is 35.5. The van der Waals surface area contributed by atoms with E-state index in [1.54, 1.807) is 14.0 Å². The predicted octanol–water partition coefficient (Wildman–Crippen LogP) is 2.76. The molecule has 1 saturated heterocycles. The fourth-order valence-electron chi connectivity index (χ4n) is 2.89. The molecule has 3 rings (SSSR count). The number of alkyl halides is 1. The van der Waals surface area contributed by atoms with Gasteiger partial charge in [0.15, 0.2) is 0 Å². The summed E-state index contributed by atoms with van der Waals surface area (Å²) in [5, 5.41) is 3.37. The van der Waals surface area contributed by atoms with E-state index in [2.05, 4.69) is 10.3 Å². The number of pyridine rings is 1. The van der Waals surface area contributed by atoms with Gasteiger partial charge < -0.3 is 4.90 Å². The van der Waals surface area contributed by atoms with Gasteiger partial charge in [0.25, 0.3) is 5.91 Å². The maximum absolute atomic E-state index is 12.2. The van der Waals surface area contributed by atoms with E-state index in [1.165, 1.54) is 4.90 Å². The summed E-state index contributed by atoms with van der Waals surface area (Å²) in [7, 11) is 1.64. The Balaban J connectivity index is 2.02. The van der Waals surface area contributed by atoms with Crippen molar-refractivity contribution in [1.29, 1.82) is 0 Å². The van der Waals surface area contributed by atoms with E-state index in [0.29, 0.717) is 12.3 Å². The van der Waals surface area contributed by atoms with Gasteiger partial charge in [-0.1, -0.05) is 6.07 Å². The number of urea groups is 1. The van der Waals surface area contributed by atoms with Crippen molar-refractivity contribution in [3.05, 3.63) is 41.1 Å². The number of hydrogen-bond acceptors (Lipinski definition) is 3. The summed E-state index contributed by atoms with van der Waals surface area (Å²) in [6, 6.07) is 7.55. The molecule has 23 heavy (non-hydrogen) atoms. The first kappa shape index (κ1) is 15.7. The van der Waals surface area contributed by atoms with Crippen LogP contribution in [0, 0.1) is 6.92 Å². The highest BCUT2D eigenvalue weighted by Crippen LogP contribution is 2.28. The average Bonchev–Trinajstić information content (AvgIpc) is 2.71. The van der Waals surface area contributed by atoms with Crippen LogP contribution in [0.25, 0.3) is 10.9 Å². The fourth-order valence-corrected chi connectivity index (χ4v) is 3.04. The fraction of sp³-hybridized carbons (Fsp3) is 0.353. The molecule has 6 heteroatoms. The first-order chi connectivity index (χ1) is 10.8. The zero-order chi connectivity index (χ0) is 16.8. The van der Waals surface area contributed by atoms with E-state index >= 15 is 0 Å². The van der Waals surface area contributed by atoms with Gasteiger partial charge in [-0.05, 0) is 43.2 Å². The Kier molecular flexibility index (Phi) is 3.76. The molecule has 0 spiro atoms. The number of fused-ring (bicyclic) bond motifs is 1. The number of nitrogens with one attached hydrogen (secondary N) is 1. The number of rotatable bonds is 3. The molecular weight excluding hydrogens is 314 g/mol. The van der Waals surface area contributed by atoms with Gasteiger partial charge in [0.1, 0.15) is 5.54 Å². The third kappa shape index (κ3) is 2.55. The van der Waals surface area contributed by atoms with Crippen molar-refractivity contribution in [2.75, 3.05) is 7.05 Å². The number of imide groups is 1. The molecule has 5 nitrogen and oxygen atoms in total. The lowest BCUT2D eigenvalue weighted by Gasteiger charge is -2.29. The Bertz CT molecular complexity index is 821. The molecule has 1 aromatic heterocycles. The maximum atomic E-state index is 12.2. The molecule has 2 aromatic rings. The van der Waals surface area contributed by atoms with Gasteiger partial charge in [0.05, 0.1) is 17.1 Å².